The summed E-state index contributed by atoms with van der Waals surface area (Å²) in [4.78, 5) is 78.6. The van der Waals surface area contributed by atoms with Crippen LogP contribution in [-0.4, -0.2) is 56.6 Å². The van der Waals surface area contributed by atoms with E-state index < -0.39 is 16.8 Å². The zero-order valence-electron chi connectivity index (χ0n) is 27.3. The Morgan fingerprint density at radius 1 is 0.692 bits per heavy atom. The Kier molecular flexibility index (Phi) is 19.1. The highest BCUT2D eigenvalue weighted by Crippen LogP contribution is 2.35. The predicted molar refractivity (Wildman–Crippen MR) is 198 cm³/mol. The first kappa shape index (κ1) is 45.6. The number of rotatable bonds is 11. The third-order valence-electron chi connectivity index (χ3n) is 6.22. The monoisotopic (exact) mass is 820 g/mol. The standard InChI is InChI=1S/C16H14Cl2N2O5.C8H5Cl3O2.C8H10N2O3.CH4/c1-9(21)7-8-20-13(22)6-5-12(19-20)25-16(23)14-10(17)3-4-11(18)15(14)24-2;1-13-7-5(10)3-2-4(9)6(7)8(11)12;1-6(11)4-5-10-8(13)3-2-7(12)9-10;/h3-6H,7-8H2,1-2H3;2-3H,1H3;2-3H,4-5H2,1H3,(H,9,12);1H4. The van der Waals surface area contributed by atoms with Crippen molar-refractivity contribution in [2.75, 3.05) is 14.2 Å². The van der Waals surface area contributed by atoms with E-state index in [1.807, 2.05) is 0 Å². The fourth-order valence-electron chi connectivity index (χ4n) is 3.79. The molecule has 0 amide bonds. The van der Waals surface area contributed by atoms with E-state index in [-0.39, 0.29) is 99.6 Å². The molecule has 2 heterocycles. The lowest BCUT2D eigenvalue weighted by Crippen LogP contribution is -2.28. The number of H-pyrrole nitrogens is 1. The molecule has 2 aromatic heterocycles. The number of aromatic amines is 1. The molecule has 0 aliphatic carbocycles. The van der Waals surface area contributed by atoms with Crippen LogP contribution in [0.15, 0.2) is 62.9 Å². The van der Waals surface area contributed by atoms with E-state index in [1.54, 1.807) is 0 Å². The second-order valence-electron chi connectivity index (χ2n) is 9.97. The fourth-order valence-corrected chi connectivity index (χ4v) is 4.96. The van der Waals surface area contributed by atoms with Crippen LogP contribution < -0.4 is 30.9 Å². The molecular weight excluding hydrogens is 790 g/mol. The van der Waals surface area contributed by atoms with Gasteiger partial charge in [-0.25, -0.2) is 14.2 Å². The van der Waals surface area contributed by atoms with Gasteiger partial charge in [-0.3, -0.25) is 33.9 Å². The molecule has 280 valence electrons. The van der Waals surface area contributed by atoms with Crippen LogP contribution in [0, 0.1) is 0 Å². The molecule has 0 aliphatic rings. The van der Waals surface area contributed by atoms with Crippen LogP contribution in [0.2, 0.25) is 20.1 Å². The zero-order valence-corrected chi connectivity index (χ0v) is 31.0. The van der Waals surface area contributed by atoms with Crippen LogP contribution >= 0.6 is 58.0 Å². The molecule has 52 heavy (non-hydrogen) atoms. The first-order valence-electron chi connectivity index (χ1n) is 14.3. The average Bonchev–Trinajstić information content (AvgIpc) is 3.07. The molecule has 14 nitrogen and oxygen atoms in total. The van der Waals surface area contributed by atoms with E-state index in [9.17, 15) is 33.6 Å². The van der Waals surface area contributed by atoms with E-state index >= 15 is 0 Å². The van der Waals surface area contributed by atoms with Gasteiger partial charge in [-0.05, 0) is 49.7 Å². The van der Waals surface area contributed by atoms with Crippen molar-refractivity contribution in [3.63, 3.8) is 0 Å². The lowest BCUT2D eigenvalue weighted by molar-refractivity contribution is -0.118. The summed E-state index contributed by atoms with van der Waals surface area (Å²) >= 11 is 28.8. The summed E-state index contributed by atoms with van der Waals surface area (Å²) in [5.41, 5.74) is -1.03. The first-order valence-corrected chi connectivity index (χ1v) is 16.2. The third-order valence-corrected chi connectivity index (χ3v) is 7.63. The van der Waals surface area contributed by atoms with Crippen molar-refractivity contribution in [2.24, 2.45) is 0 Å². The number of ketones is 2. The topological polar surface area (TPSA) is 186 Å². The van der Waals surface area contributed by atoms with E-state index in [4.69, 9.17) is 72.2 Å². The normalized spacial score (nSPS) is 9.94. The minimum atomic E-state index is -0.839. The SMILES string of the molecule is C.CC(=O)CCn1[nH]c(=O)ccc1=O.COc1c(Cl)ccc(Cl)c1C(=O)Cl.COc1c(Cl)ccc(Cl)c1C(=O)Oc1ccc(=O)n(CCC(C)=O)n1. The van der Waals surface area contributed by atoms with Crippen LogP contribution in [0.1, 0.15) is 54.8 Å². The number of hydrogen-bond donors (Lipinski definition) is 1. The number of carbonyl (C=O) groups is 4. The summed E-state index contributed by atoms with van der Waals surface area (Å²) in [5.74, 6) is -0.791. The Morgan fingerprint density at radius 2 is 1.17 bits per heavy atom. The summed E-state index contributed by atoms with van der Waals surface area (Å²) < 4.78 is 17.3. The Morgan fingerprint density at radius 3 is 1.67 bits per heavy atom. The summed E-state index contributed by atoms with van der Waals surface area (Å²) in [6, 6.07) is 10.7. The van der Waals surface area contributed by atoms with Gasteiger partial charge in [-0.15, -0.1) is 5.10 Å². The molecule has 19 heteroatoms. The van der Waals surface area contributed by atoms with E-state index in [1.165, 1.54) is 70.5 Å². The number of ether oxygens (including phenoxy) is 3. The van der Waals surface area contributed by atoms with Gasteiger partial charge in [0.25, 0.3) is 21.9 Å². The lowest BCUT2D eigenvalue weighted by atomic mass is 10.2. The van der Waals surface area contributed by atoms with Crippen molar-refractivity contribution in [1.82, 2.24) is 19.6 Å². The number of benzene rings is 2. The highest BCUT2D eigenvalue weighted by Gasteiger charge is 2.22. The number of esters is 1. The number of methoxy groups -OCH3 is 2. The van der Waals surface area contributed by atoms with Crippen LogP contribution in [-0.2, 0) is 22.7 Å². The summed E-state index contributed by atoms with van der Waals surface area (Å²) in [6.45, 7) is 3.15. The highest BCUT2D eigenvalue weighted by molar-refractivity contribution is 6.69. The van der Waals surface area contributed by atoms with Gasteiger partial charge < -0.3 is 14.2 Å². The number of hydrogen-bond acceptors (Lipinski definition) is 11. The Hall–Kier alpha value is -4.47. The number of nitrogens with zero attached hydrogens (tertiary/aromatic N) is 3. The minimum Gasteiger partial charge on any atom is -0.494 e. The van der Waals surface area contributed by atoms with Gasteiger partial charge in [0.15, 0.2) is 11.5 Å². The average molecular weight is 823 g/mol. The van der Waals surface area contributed by atoms with E-state index in [0.717, 1.165) is 15.4 Å². The van der Waals surface area contributed by atoms with Crippen molar-refractivity contribution in [3.05, 3.63) is 111 Å². The maximum Gasteiger partial charge on any atom is 0.350 e. The molecule has 0 spiro atoms. The zero-order chi connectivity index (χ0) is 38.4. The van der Waals surface area contributed by atoms with Crippen molar-refractivity contribution < 1.29 is 33.4 Å². The van der Waals surface area contributed by atoms with Crippen LogP contribution in [0.5, 0.6) is 17.4 Å². The van der Waals surface area contributed by atoms with E-state index in [2.05, 4.69) is 10.2 Å². The molecule has 0 bridgehead atoms. The first-order chi connectivity index (χ1) is 24.0. The predicted octanol–water partition coefficient (Wildman–Crippen LogP) is 6.29. The molecule has 0 unspecified atom stereocenters. The summed E-state index contributed by atoms with van der Waals surface area (Å²) in [7, 11) is 2.73. The van der Waals surface area contributed by atoms with Gasteiger partial charge in [-0.2, -0.15) is 0 Å². The molecule has 0 saturated carbocycles. The Labute approximate surface area is 322 Å². The number of aromatic nitrogens is 4. The minimum absolute atomic E-state index is 0. The largest absolute Gasteiger partial charge is 0.494 e. The molecule has 4 aromatic rings. The Bertz CT molecular complexity index is 2100. The Balaban J connectivity index is 0.000000424. The fraction of sp³-hybridized carbons (Fsp3) is 0.273. The summed E-state index contributed by atoms with van der Waals surface area (Å²) in [5, 5.41) is 6.36. The highest BCUT2D eigenvalue weighted by atomic mass is 35.5. The number of Topliss-reactive ketones (excluding diaryl/α,β-unsaturated/α-hetero) is 2. The maximum atomic E-state index is 12.4. The third kappa shape index (κ3) is 13.6. The van der Waals surface area contributed by atoms with E-state index in [0.29, 0.717) is 5.02 Å². The smallest absolute Gasteiger partial charge is 0.350 e. The van der Waals surface area contributed by atoms with Crippen molar-refractivity contribution in [1.29, 1.82) is 0 Å². The molecule has 0 atom stereocenters. The van der Waals surface area contributed by atoms with Gasteiger partial charge in [0, 0.05) is 43.7 Å². The van der Waals surface area contributed by atoms with Gasteiger partial charge in [0.05, 0.1) is 46.4 Å². The van der Waals surface area contributed by atoms with Gasteiger partial charge in [0.2, 0.25) is 5.88 Å². The van der Waals surface area contributed by atoms with Gasteiger partial charge in [-0.1, -0.05) is 53.8 Å². The molecular formula is C33H33Cl5N4O10. The molecule has 4 rings (SSSR count). The van der Waals surface area contributed by atoms with Gasteiger partial charge in [0.1, 0.15) is 17.1 Å². The maximum absolute atomic E-state index is 12.4. The van der Waals surface area contributed by atoms with Crippen LogP contribution in [0.3, 0.4) is 0 Å². The summed E-state index contributed by atoms with van der Waals surface area (Å²) in [6.07, 6.45) is 0.387. The second kappa shape index (κ2) is 21.8. The van der Waals surface area contributed by atoms with Crippen molar-refractivity contribution in [2.45, 2.75) is 47.2 Å². The number of aryl methyl sites for hydroxylation is 2. The molecule has 0 radical (unpaired) electrons. The molecule has 0 aliphatic heterocycles. The quantitative estimate of drug-likeness (QED) is 0.132. The van der Waals surface area contributed by atoms with Crippen LogP contribution in [0.25, 0.3) is 0 Å². The lowest BCUT2D eigenvalue weighted by Gasteiger charge is -2.11. The van der Waals surface area contributed by atoms with Gasteiger partial charge >= 0.3 is 5.97 Å². The molecule has 0 fully saturated rings. The number of nitrogens with one attached hydrogen (secondary N) is 1. The molecule has 1 N–H and O–H groups in total. The number of halogens is 5. The van der Waals surface area contributed by atoms with Crippen molar-refractivity contribution in [3.8, 4) is 17.4 Å². The molecule has 2 aromatic carbocycles. The number of carbonyl (C=O) groups excluding carboxylic acids is 4. The van der Waals surface area contributed by atoms with Crippen LogP contribution in [0.4, 0.5) is 0 Å². The van der Waals surface area contributed by atoms with Crippen molar-refractivity contribution >= 4 is 80.8 Å². The molecule has 0 saturated heterocycles. The second-order valence-corrected chi connectivity index (χ2v) is 11.9.